The van der Waals surface area contributed by atoms with E-state index < -0.39 is 0 Å². The average molecular weight is 426 g/mol. The summed E-state index contributed by atoms with van der Waals surface area (Å²) in [6.45, 7) is 4.05. The summed E-state index contributed by atoms with van der Waals surface area (Å²) in [6.07, 6.45) is 0.743. The Kier molecular flexibility index (Phi) is 5.43. The van der Waals surface area contributed by atoms with Gasteiger partial charge in [0.25, 0.3) is 0 Å². The second-order valence-corrected chi connectivity index (χ2v) is 7.70. The van der Waals surface area contributed by atoms with Gasteiger partial charge in [-0.05, 0) is 49.2 Å². The van der Waals surface area contributed by atoms with Gasteiger partial charge in [0.2, 0.25) is 5.75 Å². The fourth-order valence-corrected chi connectivity index (χ4v) is 4.09. The third-order valence-corrected chi connectivity index (χ3v) is 5.60. The van der Waals surface area contributed by atoms with Crippen LogP contribution >= 0.6 is 11.6 Å². The topological polar surface area (TPSA) is 57.9 Å². The van der Waals surface area contributed by atoms with Crippen LogP contribution in [0.15, 0.2) is 41.4 Å². The van der Waals surface area contributed by atoms with E-state index in [0.29, 0.717) is 22.3 Å². The fraction of sp³-hybridized carbons (Fsp3) is 0.304. The van der Waals surface area contributed by atoms with Crippen molar-refractivity contribution < 1.29 is 14.2 Å². The monoisotopic (exact) mass is 425 g/mol. The first-order chi connectivity index (χ1) is 14.5. The molecule has 1 aliphatic heterocycles. The van der Waals surface area contributed by atoms with Crippen LogP contribution in [0.5, 0.6) is 17.2 Å². The van der Waals surface area contributed by atoms with E-state index in [1.165, 1.54) is 0 Å². The maximum absolute atomic E-state index is 6.08. The summed E-state index contributed by atoms with van der Waals surface area (Å²) in [4.78, 5) is 4.86. The third kappa shape index (κ3) is 3.41. The van der Waals surface area contributed by atoms with Gasteiger partial charge in [-0.2, -0.15) is 5.10 Å². The van der Waals surface area contributed by atoms with Crippen molar-refractivity contribution in [3.63, 3.8) is 0 Å². The predicted molar refractivity (Wildman–Crippen MR) is 119 cm³/mol. The lowest BCUT2D eigenvalue weighted by Gasteiger charge is -2.25. The first kappa shape index (κ1) is 20.3. The van der Waals surface area contributed by atoms with Crippen LogP contribution in [-0.4, -0.2) is 36.8 Å². The Morgan fingerprint density at radius 2 is 1.60 bits per heavy atom. The van der Waals surface area contributed by atoms with E-state index >= 15 is 0 Å². The normalized spacial score (nSPS) is 15.4. The molecule has 2 aromatic carbocycles. The van der Waals surface area contributed by atoms with Crippen molar-refractivity contribution in [3.8, 4) is 28.4 Å². The van der Waals surface area contributed by atoms with Gasteiger partial charge in [-0.25, -0.2) is 9.67 Å². The summed E-state index contributed by atoms with van der Waals surface area (Å²) >= 11 is 6.08. The van der Waals surface area contributed by atoms with Gasteiger partial charge < -0.3 is 14.2 Å². The highest BCUT2D eigenvalue weighted by Gasteiger charge is 2.29. The molecule has 0 saturated heterocycles. The van der Waals surface area contributed by atoms with Gasteiger partial charge in [-0.15, -0.1) is 0 Å². The molecule has 1 aliphatic rings. The molecule has 7 heteroatoms. The Labute approximate surface area is 181 Å². The number of rotatable bonds is 5. The van der Waals surface area contributed by atoms with Crippen LogP contribution in [0, 0.1) is 6.92 Å². The Bertz CT molecular complexity index is 1090. The number of ether oxygens (including phenoxy) is 3. The van der Waals surface area contributed by atoms with Gasteiger partial charge in [0.1, 0.15) is 0 Å². The maximum Gasteiger partial charge on any atom is 0.203 e. The summed E-state index contributed by atoms with van der Waals surface area (Å²) in [5.74, 6) is 2.66. The number of methoxy groups -OCH3 is 3. The van der Waals surface area contributed by atoms with Gasteiger partial charge >= 0.3 is 0 Å². The Hall–Kier alpha value is -2.99. The molecule has 0 radical (unpaired) electrons. The second kappa shape index (κ2) is 8.03. The first-order valence-electron chi connectivity index (χ1n) is 9.66. The van der Waals surface area contributed by atoms with Crippen molar-refractivity contribution >= 4 is 23.1 Å². The van der Waals surface area contributed by atoms with Gasteiger partial charge in [-0.1, -0.05) is 23.7 Å². The second-order valence-electron chi connectivity index (χ2n) is 7.26. The summed E-state index contributed by atoms with van der Waals surface area (Å²) in [6, 6.07) is 11.7. The number of fused-ring (bicyclic) bond motifs is 1. The number of hydrogen-bond acceptors (Lipinski definition) is 5. The predicted octanol–water partition coefficient (Wildman–Crippen LogP) is 5.62. The molecular formula is C23H24ClN3O3. The molecule has 0 aliphatic carbocycles. The van der Waals surface area contributed by atoms with Crippen molar-refractivity contribution in [2.24, 2.45) is 4.99 Å². The van der Waals surface area contributed by atoms with E-state index in [1.54, 1.807) is 21.3 Å². The highest BCUT2D eigenvalue weighted by Crippen LogP contribution is 2.45. The van der Waals surface area contributed by atoms with Crippen LogP contribution in [0.3, 0.4) is 0 Å². The van der Waals surface area contributed by atoms with Crippen molar-refractivity contribution in [1.29, 1.82) is 0 Å². The third-order valence-electron chi connectivity index (χ3n) is 5.35. The number of aliphatic imine (C=N–C) groups is 1. The number of benzene rings is 2. The number of hydrogen-bond donors (Lipinski definition) is 0. The average Bonchev–Trinajstić information content (AvgIpc) is 3.08. The summed E-state index contributed by atoms with van der Waals surface area (Å²) < 4.78 is 18.6. The standard InChI is InChI=1S/C23H24ClN3O3/c1-13-10-18(16-11-19(28-3)22(30-5)20(12-16)29-4)27-23(25-13)21(14(2)26-27)15-6-8-17(24)9-7-15/h6-9,11-12,18H,10H2,1-5H3. The fourth-order valence-electron chi connectivity index (χ4n) is 3.96. The van der Waals surface area contributed by atoms with E-state index in [2.05, 4.69) is 0 Å². The van der Waals surface area contributed by atoms with Gasteiger partial charge in [-0.3, -0.25) is 0 Å². The van der Waals surface area contributed by atoms with Crippen LogP contribution in [0.25, 0.3) is 11.1 Å². The minimum atomic E-state index is -0.0362. The van der Waals surface area contributed by atoms with Crippen LogP contribution < -0.4 is 14.2 Å². The molecule has 6 nitrogen and oxygen atoms in total. The van der Waals surface area contributed by atoms with Crippen LogP contribution in [-0.2, 0) is 0 Å². The molecule has 0 amide bonds. The molecule has 1 unspecified atom stereocenters. The lowest BCUT2D eigenvalue weighted by molar-refractivity contribution is 0.323. The number of halogens is 1. The molecule has 1 aromatic heterocycles. The lowest BCUT2D eigenvalue weighted by atomic mass is 9.98. The molecular weight excluding hydrogens is 402 g/mol. The van der Waals surface area contributed by atoms with Crippen LogP contribution in [0.1, 0.15) is 30.6 Å². The highest BCUT2D eigenvalue weighted by atomic mass is 35.5. The first-order valence-corrected chi connectivity index (χ1v) is 10.0. The van der Waals surface area contributed by atoms with E-state index in [4.69, 9.17) is 35.9 Å². The summed E-state index contributed by atoms with van der Waals surface area (Å²) in [5, 5.41) is 5.56. The zero-order valence-electron chi connectivity index (χ0n) is 17.7. The Morgan fingerprint density at radius 1 is 0.967 bits per heavy atom. The molecule has 0 fully saturated rings. The van der Waals surface area contributed by atoms with Crippen LogP contribution in [0.4, 0.5) is 5.82 Å². The summed E-state index contributed by atoms with van der Waals surface area (Å²) in [7, 11) is 4.85. The molecule has 1 atom stereocenters. The van der Waals surface area contributed by atoms with Gasteiger partial charge in [0.05, 0.1) is 33.1 Å². The Balaban J connectivity index is 1.88. The number of nitrogens with zero attached hydrogens (tertiary/aromatic N) is 3. The molecule has 0 N–H and O–H groups in total. The SMILES string of the molecule is COc1cc(C2CC(C)=Nc3c(-c4ccc(Cl)cc4)c(C)nn32)cc(OC)c1OC. The van der Waals surface area contributed by atoms with Gasteiger partial charge in [0, 0.05) is 22.7 Å². The zero-order chi connectivity index (χ0) is 21.4. The lowest BCUT2D eigenvalue weighted by Crippen LogP contribution is -2.19. The van der Waals surface area contributed by atoms with E-state index in [9.17, 15) is 0 Å². The molecule has 2 heterocycles. The Morgan fingerprint density at radius 3 is 2.17 bits per heavy atom. The minimum absolute atomic E-state index is 0.0362. The number of aromatic nitrogens is 2. The molecule has 0 spiro atoms. The molecule has 4 rings (SSSR count). The highest BCUT2D eigenvalue weighted by molar-refractivity contribution is 6.30. The zero-order valence-corrected chi connectivity index (χ0v) is 18.4. The number of aryl methyl sites for hydroxylation is 1. The molecule has 0 bridgehead atoms. The smallest absolute Gasteiger partial charge is 0.203 e. The van der Waals surface area contributed by atoms with Crippen molar-refractivity contribution in [2.75, 3.05) is 21.3 Å². The molecule has 156 valence electrons. The largest absolute Gasteiger partial charge is 0.493 e. The van der Waals surface area contributed by atoms with Crippen molar-refractivity contribution in [3.05, 3.63) is 52.7 Å². The molecule has 30 heavy (non-hydrogen) atoms. The van der Waals surface area contributed by atoms with E-state index in [0.717, 1.165) is 40.3 Å². The van der Waals surface area contributed by atoms with E-state index in [1.807, 2.05) is 54.9 Å². The summed E-state index contributed by atoms with van der Waals surface area (Å²) in [5.41, 5.74) is 5.04. The van der Waals surface area contributed by atoms with Crippen LogP contribution in [0.2, 0.25) is 5.02 Å². The quantitative estimate of drug-likeness (QED) is 0.532. The molecule has 3 aromatic rings. The molecule has 0 saturated carbocycles. The van der Waals surface area contributed by atoms with Crippen molar-refractivity contribution in [1.82, 2.24) is 9.78 Å². The van der Waals surface area contributed by atoms with Crippen molar-refractivity contribution in [2.45, 2.75) is 26.3 Å². The minimum Gasteiger partial charge on any atom is -0.493 e. The maximum atomic E-state index is 6.08. The van der Waals surface area contributed by atoms with Gasteiger partial charge in [0.15, 0.2) is 17.3 Å². The van der Waals surface area contributed by atoms with E-state index in [-0.39, 0.29) is 6.04 Å².